The van der Waals surface area contributed by atoms with Crippen molar-refractivity contribution in [3.05, 3.63) is 10.6 Å². The van der Waals surface area contributed by atoms with Crippen molar-refractivity contribution in [2.45, 2.75) is 40.2 Å². The Labute approximate surface area is 132 Å². The zero-order valence-electron chi connectivity index (χ0n) is 13.8. The largest absolute Gasteiger partial charge is 0.381 e. The molecule has 1 N–H and O–H groups in total. The highest BCUT2D eigenvalue weighted by Gasteiger charge is 2.18. The van der Waals surface area contributed by atoms with Crippen LogP contribution in [-0.4, -0.2) is 38.3 Å². The van der Waals surface area contributed by atoms with Crippen LogP contribution in [0.15, 0.2) is 0 Å². The van der Waals surface area contributed by atoms with Crippen molar-refractivity contribution in [2.75, 3.05) is 38.3 Å². The molecule has 0 spiro atoms. The monoisotopic (exact) mass is 311 g/mol. The Balaban J connectivity index is 1.87. The summed E-state index contributed by atoms with van der Waals surface area (Å²) >= 11 is 1.82. The first kappa shape index (κ1) is 16.7. The molecular formula is C16H29N3OS. The predicted molar refractivity (Wildman–Crippen MR) is 90.2 cm³/mol. The van der Waals surface area contributed by atoms with Crippen molar-refractivity contribution < 1.29 is 4.74 Å². The molecule has 0 bridgehead atoms. The van der Waals surface area contributed by atoms with E-state index in [1.54, 1.807) is 0 Å². The molecule has 5 heteroatoms. The first-order chi connectivity index (χ1) is 10.1. The van der Waals surface area contributed by atoms with Gasteiger partial charge in [-0.05, 0) is 38.1 Å². The molecule has 1 aromatic rings. The minimum Gasteiger partial charge on any atom is -0.381 e. The van der Waals surface area contributed by atoms with Crippen molar-refractivity contribution in [2.24, 2.45) is 11.8 Å². The van der Waals surface area contributed by atoms with Crippen LogP contribution < -0.4 is 10.2 Å². The molecule has 1 aliphatic rings. The van der Waals surface area contributed by atoms with E-state index in [0.29, 0.717) is 11.8 Å². The number of anilines is 1. The standard InChI is InChI=1S/C16H29N3OS/c1-12(2)8-17-9-15-13(3)18-16(21-15)19(4)10-14-6-5-7-20-11-14/h12,14,17H,5-11H2,1-4H3. The van der Waals surface area contributed by atoms with E-state index in [9.17, 15) is 0 Å². The Kier molecular flexibility index (Phi) is 6.45. The van der Waals surface area contributed by atoms with Crippen LogP contribution in [0.2, 0.25) is 0 Å². The molecule has 0 amide bonds. The zero-order valence-corrected chi connectivity index (χ0v) is 14.6. The van der Waals surface area contributed by atoms with E-state index in [1.807, 2.05) is 11.3 Å². The van der Waals surface area contributed by atoms with Gasteiger partial charge in [-0.3, -0.25) is 0 Å². The van der Waals surface area contributed by atoms with Crippen molar-refractivity contribution in [1.82, 2.24) is 10.3 Å². The molecule has 120 valence electrons. The van der Waals surface area contributed by atoms with E-state index in [0.717, 1.165) is 43.7 Å². The molecule has 1 aromatic heterocycles. The fraction of sp³-hybridized carbons (Fsp3) is 0.812. The van der Waals surface area contributed by atoms with Crippen LogP contribution in [0.5, 0.6) is 0 Å². The van der Waals surface area contributed by atoms with Crippen molar-refractivity contribution in [3.8, 4) is 0 Å². The average molecular weight is 311 g/mol. The summed E-state index contributed by atoms with van der Waals surface area (Å²) in [4.78, 5) is 8.39. The number of hydrogen-bond donors (Lipinski definition) is 1. The molecule has 2 rings (SSSR count). The zero-order chi connectivity index (χ0) is 15.2. The van der Waals surface area contributed by atoms with Gasteiger partial charge in [0.05, 0.1) is 12.3 Å². The highest BCUT2D eigenvalue weighted by Crippen LogP contribution is 2.26. The van der Waals surface area contributed by atoms with Crippen LogP contribution in [-0.2, 0) is 11.3 Å². The molecule has 0 aliphatic carbocycles. The quantitative estimate of drug-likeness (QED) is 0.840. The number of aryl methyl sites for hydroxylation is 1. The molecule has 0 saturated carbocycles. The molecular weight excluding hydrogens is 282 g/mol. The van der Waals surface area contributed by atoms with E-state index < -0.39 is 0 Å². The molecule has 1 fully saturated rings. The maximum atomic E-state index is 5.57. The van der Waals surface area contributed by atoms with Crippen LogP contribution in [0.1, 0.15) is 37.3 Å². The summed E-state index contributed by atoms with van der Waals surface area (Å²) in [5.41, 5.74) is 1.16. The van der Waals surface area contributed by atoms with Crippen molar-refractivity contribution in [1.29, 1.82) is 0 Å². The Morgan fingerprint density at radius 3 is 2.95 bits per heavy atom. The summed E-state index contributed by atoms with van der Waals surface area (Å²) < 4.78 is 5.57. The third-order valence-electron chi connectivity index (χ3n) is 3.83. The number of rotatable bonds is 7. The van der Waals surface area contributed by atoms with E-state index >= 15 is 0 Å². The van der Waals surface area contributed by atoms with Gasteiger partial charge in [0.2, 0.25) is 0 Å². The summed E-state index contributed by atoms with van der Waals surface area (Å²) in [6, 6.07) is 0. The van der Waals surface area contributed by atoms with Gasteiger partial charge in [0.25, 0.3) is 0 Å². The maximum absolute atomic E-state index is 5.57. The normalized spacial score (nSPS) is 19.2. The lowest BCUT2D eigenvalue weighted by Gasteiger charge is -2.26. The van der Waals surface area contributed by atoms with Gasteiger partial charge in [0.15, 0.2) is 5.13 Å². The van der Waals surface area contributed by atoms with E-state index in [-0.39, 0.29) is 0 Å². The summed E-state index contributed by atoms with van der Waals surface area (Å²) in [6.07, 6.45) is 2.47. The molecule has 1 unspecified atom stereocenters. The highest BCUT2D eigenvalue weighted by atomic mass is 32.1. The van der Waals surface area contributed by atoms with Crippen molar-refractivity contribution in [3.63, 3.8) is 0 Å². The molecule has 4 nitrogen and oxygen atoms in total. The first-order valence-electron chi connectivity index (χ1n) is 8.02. The number of hydrogen-bond acceptors (Lipinski definition) is 5. The van der Waals surface area contributed by atoms with Gasteiger partial charge in [-0.25, -0.2) is 4.98 Å². The molecule has 0 aromatic carbocycles. The SMILES string of the molecule is Cc1nc(N(C)CC2CCCOC2)sc1CNCC(C)C. The second kappa shape index (κ2) is 8.11. The number of nitrogens with zero attached hydrogens (tertiary/aromatic N) is 2. The Morgan fingerprint density at radius 2 is 2.29 bits per heavy atom. The van der Waals surface area contributed by atoms with Gasteiger partial charge in [-0.15, -0.1) is 11.3 Å². The van der Waals surface area contributed by atoms with Crippen LogP contribution in [0, 0.1) is 18.8 Å². The second-order valence-corrected chi connectivity index (χ2v) is 7.56. The van der Waals surface area contributed by atoms with Crippen LogP contribution in [0.4, 0.5) is 5.13 Å². The summed E-state index contributed by atoms with van der Waals surface area (Å²) in [5, 5.41) is 4.65. The summed E-state index contributed by atoms with van der Waals surface area (Å²) in [5.74, 6) is 1.34. The fourth-order valence-corrected chi connectivity index (χ4v) is 3.63. The molecule has 2 heterocycles. The van der Waals surface area contributed by atoms with Gasteiger partial charge in [0, 0.05) is 31.6 Å². The van der Waals surface area contributed by atoms with Crippen LogP contribution in [0.25, 0.3) is 0 Å². The van der Waals surface area contributed by atoms with E-state index in [4.69, 9.17) is 9.72 Å². The molecule has 1 atom stereocenters. The number of ether oxygens (including phenoxy) is 1. The van der Waals surface area contributed by atoms with Gasteiger partial charge in [0.1, 0.15) is 0 Å². The Bertz CT molecular complexity index is 427. The van der Waals surface area contributed by atoms with Gasteiger partial charge < -0.3 is 15.0 Å². The third-order valence-corrected chi connectivity index (χ3v) is 5.10. The minimum absolute atomic E-state index is 0.649. The lowest BCUT2D eigenvalue weighted by Crippen LogP contribution is -2.30. The summed E-state index contributed by atoms with van der Waals surface area (Å²) in [7, 11) is 2.15. The van der Waals surface area contributed by atoms with Crippen molar-refractivity contribution >= 4 is 16.5 Å². The molecule has 1 aliphatic heterocycles. The minimum atomic E-state index is 0.649. The molecule has 1 saturated heterocycles. The predicted octanol–water partition coefficient (Wildman–Crippen LogP) is 3.06. The van der Waals surface area contributed by atoms with Crippen LogP contribution in [0.3, 0.4) is 0 Å². The average Bonchev–Trinajstić information content (AvgIpc) is 2.81. The van der Waals surface area contributed by atoms with Crippen LogP contribution >= 0.6 is 11.3 Å². The number of nitrogens with one attached hydrogen (secondary N) is 1. The first-order valence-corrected chi connectivity index (χ1v) is 8.83. The fourth-order valence-electron chi connectivity index (χ4n) is 2.63. The smallest absolute Gasteiger partial charge is 0.185 e. The Hall–Kier alpha value is -0.650. The molecule has 0 radical (unpaired) electrons. The topological polar surface area (TPSA) is 37.4 Å². The second-order valence-electron chi connectivity index (χ2n) is 6.49. The maximum Gasteiger partial charge on any atom is 0.185 e. The lowest BCUT2D eigenvalue weighted by atomic mass is 10.0. The van der Waals surface area contributed by atoms with E-state index in [2.05, 4.69) is 38.0 Å². The van der Waals surface area contributed by atoms with Gasteiger partial charge in [-0.1, -0.05) is 13.8 Å². The number of thiazole rings is 1. The van der Waals surface area contributed by atoms with Gasteiger partial charge in [-0.2, -0.15) is 0 Å². The molecule has 21 heavy (non-hydrogen) atoms. The Morgan fingerprint density at radius 1 is 1.48 bits per heavy atom. The third kappa shape index (κ3) is 5.24. The lowest BCUT2D eigenvalue weighted by molar-refractivity contribution is 0.0576. The number of aromatic nitrogens is 1. The highest BCUT2D eigenvalue weighted by molar-refractivity contribution is 7.15. The van der Waals surface area contributed by atoms with E-state index in [1.165, 1.54) is 17.7 Å². The van der Waals surface area contributed by atoms with Gasteiger partial charge >= 0.3 is 0 Å². The summed E-state index contributed by atoms with van der Waals surface area (Å²) in [6.45, 7) is 11.5.